The number of rotatable bonds is 3. The Labute approximate surface area is 143 Å². The molecule has 0 spiro atoms. The number of phenolic OH excluding ortho intramolecular Hbond substituents is 1. The van der Waals surface area contributed by atoms with Crippen molar-refractivity contribution in [2.24, 2.45) is 0 Å². The van der Waals surface area contributed by atoms with E-state index in [4.69, 9.17) is 4.74 Å². The van der Waals surface area contributed by atoms with Crippen LogP contribution in [0.25, 0.3) is 6.08 Å². The highest BCUT2D eigenvalue weighted by Gasteiger charge is 2.37. The minimum Gasteiger partial charge on any atom is -0.508 e. The molecular formula is C18H14N2O5. The first-order valence-electron chi connectivity index (χ1n) is 7.35. The number of barbiturate groups is 1. The van der Waals surface area contributed by atoms with Crippen LogP contribution in [0.15, 0.2) is 54.1 Å². The van der Waals surface area contributed by atoms with Crippen LogP contribution in [0.1, 0.15) is 5.56 Å². The van der Waals surface area contributed by atoms with Gasteiger partial charge in [0.15, 0.2) is 0 Å². The molecule has 126 valence electrons. The number of amides is 4. The van der Waals surface area contributed by atoms with Gasteiger partial charge in [0.2, 0.25) is 0 Å². The van der Waals surface area contributed by atoms with Crippen molar-refractivity contribution in [2.75, 3.05) is 12.0 Å². The minimum atomic E-state index is -0.845. The van der Waals surface area contributed by atoms with Crippen LogP contribution in [-0.2, 0) is 9.59 Å². The number of ether oxygens (including phenoxy) is 1. The lowest BCUT2D eigenvalue weighted by Crippen LogP contribution is -2.54. The maximum absolute atomic E-state index is 12.8. The summed E-state index contributed by atoms with van der Waals surface area (Å²) in [5, 5.41) is 11.5. The molecule has 1 heterocycles. The number of methoxy groups -OCH3 is 1. The van der Waals surface area contributed by atoms with Crippen LogP contribution in [0, 0.1) is 0 Å². The molecule has 0 unspecified atom stereocenters. The van der Waals surface area contributed by atoms with Gasteiger partial charge in [-0.3, -0.25) is 14.9 Å². The van der Waals surface area contributed by atoms with Crippen molar-refractivity contribution in [2.45, 2.75) is 0 Å². The Bertz CT molecular complexity index is 887. The lowest BCUT2D eigenvalue weighted by Gasteiger charge is -2.27. The zero-order valence-corrected chi connectivity index (χ0v) is 13.2. The van der Waals surface area contributed by atoms with Crippen molar-refractivity contribution in [3.8, 4) is 11.5 Å². The van der Waals surface area contributed by atoms with Gasteiger partial charge in [-0.1, -0.05) is 24.3 Å². The molecule has 2 aromatic rings. The van der Waals surface area contributed by atoms with Crippen molar-refractivity contribution in [1.29, 1.82) is 0 Å². The topological polar surface area (TPSA) is 95.9 Å². The van der Waals surface area contributed by atoms with Gasteiger partial charge in [0, 0.05) is 0 Å². The zero-order valence-electron chi connectivity index (χ0n) is 13.2. The molecule has 0 aromatic heterocycles. The maximum Gasteiger partial charge on any atom is 0.336 e. The molecule has 1 aliphatic rings. The van der Waals surface area contributed by atoms with E-state index in [0.717, 1.165) is 4.90 Å². The molecule has 0 bridgehead atoms. The van der Waals surface area contributed by atoms with E-state index in [1.54, 1.807) is 36.4 Å². The summed E-state index contributed by atoms with van der Waals surface area (Å²) >= 11 is 0. The fourth-order valence-electron chi connectivity index (χ4n) is 2.43. The molecule has 3 rings (SSSR count). The van der Waals surface area contributed by atoms with Crippen LogP contribution in [0.3, 0.4) is 0 Å². The Morgan fingerprint density at radius 3 is 2.40 bits per heavy atom. The highest BCUT2D eigenvalue weighted by atomic mass is 16.5. The first kappa shape index (κ1) is 16.3. The maximum atomic E-state index is 12.8. The quantitative estimate of drug-likeness (QED) is 0.660. The number of urea groups is 1. The summed E-state index contributed by atoms with van der Waals surface area (Å²) in [6.45, 7) is 0. The first-order valence-corrected chi connectivity index (χ1v) is 7.35. The molecule has 0 atom stereocenters. The van der Waals surface area contributed by atoms with E-state index in [1.165, 1.54) is 25.3 Å². The largest absolute Gasteiger partial charge is 0.508 e. The minimum absolute atomic E-state index is 0.0624. The third-order valence-electron chi connectivity index (χ3n) is 3.63. The molecular weight excluding hydrogens is 324 g/mol. The Morgan fingerprint density at radius 1 is 1.04 bits per heavy atom. The molecule has 7 nitrogen and oxygen atoms in total. The number of nitrogens with one attached hydrogen (secondary N) is 1. The van der Waals surface area contributed by atoms with Crippen molar-refractivity contribution in [3.63, 3.8) is 0 Å². The third-order valence-corrected chi connectivity index (χ3v) is 3.63. The summed E-state index contributed by atoms with van der Waals surface area (Å²) < 4.78 is 5.18. The van der Waals surface area contributed by atoms with Gasteiger partial charge in [-0.25, -0.2) is 9.69 Å². The average Bonchev–Trinajstić information content (AvgIpc) is 2.60. The molecule has 1 fully saturated rings. The van der Waals surface area contributed by atoms with E-state index in [0.29, 0.717) is 11.3 Å². The predicted octanol–water partition coefficient (Wildman–Crippen LogP) is 2.07. The number of carbonyl (C=O) groups excluding carboxylic acids is 3. The van der Waals surface area contributed by atoms with Crippen LogP contribution in [0.5, 0.6) is 11.5 Å². The SMILES string of the molecule is COc1ccccc1N1C(=O)NC(=O)/C(=C\c2ccc(O)cc2)C1=O. The Kier molecular flexibility index (Phi) is 4.21. The second kappa shape index (κ2) is 6.48. The number of anilines is 1. The third kappa shape index (κ3) is 3.07. The van der Waals surface area contributed by atoms with Gasteiger partial charge in [0.25, 0.3) is 11.8 Å². The van der Waals surface area contributed by atoms with Crippen LogP contribution < -0.4 is 15.0 Å². The molecule has 1 aliphatic heterocycles. The van der Waals surface area contributed by atoms with Crippen molar-refractivity contribution >= 4 is 29.6 Å². The lowest BCUT2D eigenvalue weighted by molar-refractivity contribution is -0.122. The number of benzene rings is 2. The second-order valence-electron chi connectivity index (χ2n) is 5.22. The Hall–Kier alpha value is -3.61. The van der Waals surface area contributed by atoms with Gasteiger partial charge in [-0.05, 0) is 35.9 Å². The molecule has 2 N–H and O–H groups in total. The van der Waals surface area contributed by atoms with Gasteiger partial charge in [0.05, 0.1) is 12.8 Å². The van der Waals surface area contributed by atoms with E-state index < -0.39 is 17.8 Å². The molecule has 0 saturated carbocycles. The molecule has 25 heavy (non-hydrogen) atoms. The first-order chi connectivity index (χ1) is 12.0. The van der Waals surface area contributed by atoms with Gasteiger partial charge in [-0.2, -0.15) is 0 Å². The number of hydrogen-bond acceptors (Lipinski definition) is 5. The number of phenols is 1. The number of aromatic hydroxyl groups is 1. The van der Waals surface area contributed by atoms with E-state index in [1.807, 2.05) is 0 Å². The summed E-state index contributed by atoms with van der Waals surface area (Å²) in [5.41, 5.74) is 0.568. The second-order valence-corrected chi connectivity index (χ2v) is 5.22. The van der Waals surface area contributed by atoms with Gasteiger partial charge in [0.1, 0.15) is 17.1 Å². The van der Waals surface area contributed by atoms with Gasteiger partial charge >= 0.3 is 6.03 Å². The lowest BCUT2D eigenvalue weighted by atomic mass is 10.1. The Morgan fingerprint density at radius 2 is 1.72 bits per heavy atom. The van der Waals surface area contributed by atoms with E-state index in [9.17, 15) is 19.5 Å². The van der Waals surface area contributed by atoms with Crippen LogP contribution in [0.4, 0.5) is 10.5 Å². The average molecular weight is 338 g/mol. The molecule has 1 saturated heterocycles. The van der Waals surface area contributed by atoms with Crippen molar-refractivity contribution < 1.29 is 24.2 Å². The normalized spacial score (nSPS) is 16.1. The number of para-hydroxylation sites is 2. The molecule has 4 amide bonds. The molecule has 7 heteroatoms. The fraction of sp³-hybridized carbons (Fsp3) is 0.0556. The summed E-state index contributed by atoms with van der Waals surface area (Å²) in [7, 11) is 1.42. The van der Waals surface area contributed by atoms with E-state index >= 15 is 0 Å². The summed E-state index contributed by atoms with van der Waals surface area (Å²) in [6, 6.07) is 11.6. The van der Waals surface area contributed by atoms with Crippen molar-refractivity contribution in [3.05, 3.63) is 59.7 Å². The van der Waals surface area contributed by atoms with Crippen LogP contribution in [0.2, 0.25) is 0 Å². The van der Waals surface area contributed by atoms with Crippen LogP contribution >= 0.6 is 0 Å². The van der Waals surface area contributed by atoms with Gasteiger partial charge in [-0.15, -0.1) is 0 Å². The number of imide groups is 2. The highest BCUT2D eigenvalue weighted by molar-refractivity contribution is 6.39. The standard InChI is InChI=1S/C18H14N2O5/c1-25-15-5-3-2-4-14(15)20-17(23)13(16(22)19-18(20)24)10-11-6-8-12(21)9-7-11/h2-10,21H,1H3,(H,19,22,24)/b13-10+. The van der Waals surface area contributed by atoms with Gasteiger partial charge < -0.3 is 9.84 Å². The number of carbonyl (C=O) groups is 3. The summed E-state index contributed by atoms with van der Waals surface area (Å²) in [4.78, 5) is 37.9. The summed E-state index contributed by atoms with van der Waals surface area (Å²) in [5.74, 6) is -1.16. The van der Waals surface area contributed by atoms with E-state index in [-0.39, 0.29) is 17.0 Å². The number of nitrogens with zero attached hydrogens (tertiary/aromatic N) is 1. The predicted molar refractivity (Wildman–Crippen MR) is 90.1 cm³/mol. The molecule has 2 aromatic carbocycles. The highest BCUT2D eigenvalue weighted by Crippen LogP contribution is 2.30. The Balaban J connectivity index is 2.04. The zero-order chi connectivity index (χ0) is 18.0. The monoisotopic (exact) mass is 338 g/mol. The summed E-state index contributed by atoms with van der Waals surface area (Å²) in [6.07, 6.45) is 1.35. The fourth-order valence-corrected chi connectivity index (χ4v) is 2.43. The van der Waals surface area contributed by atoms with Crippen LogP contribution in [-0.4, -0.2) is 30.1 Å². The van der Waals surface area contributed by atoms with E-state index in [2.05, 4.69) is 5.32 Å². The smallest absolute Gasteiger partial charge is 0.336 e. The van der Waals surface area contributed by atoms with Crippen molar-refractivity contribution in [1.82, 2.24) is 5.32 Å². The number of hydrogen-bond donors (Lipinski definition) is 2. The molecule has 0 radical (unpaired) electrons. The molecule has 0 aliphatic carbocycles.